The number of rotatable bonds is 12. The second kappa shape index (κ2) is 12.1. The molecule has 0 saturated carbocycles. The Morgan fingerprint density at radius 3 is 1.57 bits per heavy atom. The van der Waals surface area contributed by atoms with Crippen LogP contribution in [0.15, 0.2) is 25.3 Å². The van der Waals surface area contributed by atoms with Gasteiger partial charge in [-0.15, -0.1) is 0 Å². The van der Waals surface area contributed by atoms with Crippen molar-refractivity contribution in [1.82, 2.24) is 0 Å². The highest BCUT2D eigenvalue weighted by Gasteiger charge is 2.15. The lowest BCUT2D eigenvalue weighted by Gasteiger charge is -2.23. The molecule has 5 nitrogen and oxygen atoms in total. The number of hydrogen-bond acceptors (Lipinski definition) is 5. The van der Waals surface area contributed by atoms with Gasteiger partial charge in [0.25, 0.3) is 0 Å². The normalized spacial score (nSPS) is 13.0. The standard InChI is InChI=1S/C16H26O5/c1-5-13(9-11-19-15(17)7-3)21-14(6-2)10-12-20-16(18)8-4/h7-8,13-14H,3-6,9-12H2,1-2H3. The second-order valence-electron chi connectivity index (χ2n) is 4.52. The zero-order valence-corrected chi connectivity index (χ0v) is 13.0. The predicted molar refractivity (Wildman–Crippen MR) is 80.8 cm³/mol. The van der Waals surface area contributed by atoms with E-state index in [1.54, 1.807) is 0 Å². The molecule has 0 amide bonds. The van der Waals surface area contributed by atoms with E-state index in [0.29, 0.717) is 26.1 Å². The van der Waals surface area contributed by atoms with Gasteiger partial charge in [0.15, 0.2) is 0 Å². The number of carbonyl (C=O) groups is 2. The molecule has 0 aliphatic rings. The van der Waals surface area contributed by atoms with Crippen LogP contribution in [-0.2, 0) is 23.8 Å². The van der Waals surface area contributed by atoms with Crippen molar-refractivity contribution in [1.29, 1.82) is 0 Å². The Labute approximate surface area is 126 Å². The molecule has 2 atom stereocenters. The summed E-state index contributed by atoms with van der Waals surface area (Å²) >= 11 is 0. The summed E-state index contributed by atoms with van der Waals surface area (Å²) in [5.41, 5.74) is 0. The van der Waals surface area contributed by atoms with E-state index >= 15 is 0 Å². The molecule has 0 bridgehead atoms. The largest absolute Gasteiger partial charge is 0.462 e. The second-order valence-corrected chi connectivity index (χ2v) is 4.52. The van der Waals surface area contributed by atoms with Crippen molar-refractivity contribution in [2.45, 2.75) is 51.7 Å². The molecule has 0 radical (unpaired) electrons. The molecule has 21 heavy (non-hydrogen) atoms. The first-order valence-corrected chi connectivity index (χ1v) is 7.31. The van der Waals surface area contributed by atoms with Crippen LogP contribution in [0.25, 0.3) is 0 Å². The number of ether oxygens (including phenoxy) is 3. The van der Waals surface area contributed by atoms with Crippen molar-refractivity contribution in [3.05, 3.63) is 25.3 Å². The molecule has 0 aromatic rings. The average Bonchev–Trinajstić information content (AvgIpc) is 2.51. The van der Waals surface area contributed by atoms with E-state index in [1.165, 1.54) is 0 Å². The van der Waals surface area contributed by atoms with Crippen LogP contribution in [0.2, 0.25) is 0 Å². The topological polar surface area (TPSA) is 61.8 Å². The van der Waals surface area contributed by atoms with Gasteiger partial charge < -0.3 is 14.2 Å². The van der Waals surface area contributed by atoms with Gasteiger partial charge in [-0.05, 0) is 12.8 Å². The highest BCUT2D eigenvalue weighted by Crippen LogP contribution is 2.13. The van der Waals surface area contributed by atoms with Gasteiger partial charge in [0.05, 0.1) is 25.4 Å². The molecule has 0 N–H and O–H groups in total. The van der Waals surface area contributed by atoms with Gasteiger partial charge in [-0.25, -0.2) is 9.59 Å². The van der Waals surface area contributed by atoms with Gasteiger partial charge in [-0.1, -0.05) is 27.0 Å². The van der Waals surface area contributed by atoms with Gasteiger partial charge in [0.1, 0.15) is 0 Å². The zero-order chi connectivity index (χ0) is 16.1. The van der Waals surface area contributed by atoms with E-state index in [0.717, 1.165) is 25.0 Å². The van der Waals surface area contributed by atoms with Crippen molar-refractivity contribution < 1.29 is 23.8 Å². The Morgan fingerprint density at radius 2 is 1.29 bits per heavy atom. The minimum Gasteiger partial charge on any atom is -0.462 e. The molecular weight excluding hydrogens is 272 g/mol. The Morgan fingerprint density at radius 1 is 0.905 bits per heavy atom. The van der Waals surface area contributed by atoms with E-state index < -0.39 is 11.9 Å². The summed E-state index contributed by atoms with van der Waals surface area (Å²) in [4.78, 5) is 21.9. The molecule has 0 aliphatic carbocycles. The monoisotopic (exact) mass is 298 g/mol. The van der Waals surface area contributed by atoms with Crippen LogP contribution in [0.1, 0.15) is 39.5 Å². The molecule has 0 spiro atoms. The lowest BCUT2D eigenvalue weighted by Crippen LogP contribution is -2.24. The minimum absolute atomic E-state index is 0.0164. The summed E-state index contributed by atoms with van der Waals surface area (Å²) in [6.07, 6.45) is 5.25. The first kappa shape index (κ1) is 19.4. The van der Waals surface area contributed by atoms with Crippen LogP contribution < -0.4 is 0 Å². The smallest absolute Gasteiger partial charge is 0.330 e. The van der Waals surface area contributed by atoms with Crippen LogP contribution in [0.4, 0.5) is 0 Å². The van der Waals surface area contributed by atoms with Crippen molar-refractivity contribution in [3.63, 3.8) is 0 Å². The van der Waals surface area contributed by atoms with Crippen LogP contribution in [0.5, 0.6) is 0 Å². The molecule has 0 aliphatic heterocycles. The summed E-state index contributed by atoms with van der Waals surface area (Å²) in [6.45, 7) is 11.3. The lowest BCUT2D eigenvalue weighted by molar-refractivity contribution is -0.139. The quantitative estimate of drug-likeness (QED) is 0.409. The van der Waals surface area contributed by atoms with Crippen molar-refractivity contribution in [2.75, 3.05) is 13.2 Å². The van der Waals surface area contributed by atoms with Gasteiger partial charge in [0.2, 0.25) is 0 Å². The maximum Gasteiger partial charge on any atom is 0.330 e. The Balaban J connectivity index is 4.04. The van der Waals surface area contributed by atoms with Crippen molar-refractivity contribution >= 4 is 11.9 Å². The van der Waals surface area contributed by atoms with Gasteiger partial charge >= 0.3 is 11.9 Å². The first-order chi connectivity index (χ1) is 10.1. The van der Waals surface area contributed by atoms with Crippen LogP contribution in [-0.4, -0.2) is 37.4 Å². The van der Waals surface area contributed by atoms with E-state index in [4.69, 9.17) is 14.2 Å². The van der Waals surface area contributed by atoms with E-state index in [9.17, 15) is 9.59 Å². The maximum absolute atomic E-state index is 11.0. The van der Waals surface area contributed by atoms with Gasteiger partial charge in [-0.2, -0.15) is 0 Å². The Bertz CT molecular complexity index is 306. The molecule has 120 valence electrons. The lowest BCUT2D eigenvalue weighted by atomic mass is 10.1. The SMILES string of the molecule is C=CC(=O)OCCC(CC)OC(CC)CCOC(=O)C=C. The fourth-order valence-corrected chi connectivity index (χ4v) is 1.71. The van der Waals surface area contributed by atoms with Gasteiger partial charge in [-0.3, -0.25) is 0 Å². The maximum atomic E-state index is 11.0. The average molecular weight is 298 g/mol. The summed E-state index contributed by atoms with van der Waals surface area (Å²) in [6, 6.07) is 0. The number of esters is 2. The Kier molecular flexibility index (Phi) is 11.2. The molecule has 0 aromatic carbocycles. The third kappa shape index (κ3) is 9.85. The summed E-state index contributed by atoms with van der Waals surface area (Å²) in [7, 11) is 0. The summed E-state index contributed by atoms with van der Waals surface area (Å²) in [5, 5.41) is 0. The molecular formula is C16H26O5. The summed E-state index contributed by atoms with van der Waals surface area (Å²) in [5.74, 6) is -0.846. The molecule has 0 rings (SSSR count). The number of carbonyl (C=O) groups excluding carboxylic acids is 2. The minimum atomic E-state index is -0.423. The highest BCUT2D eigenvalue weighted by atomic mass is 16.5. The Hall–Kier alpha value is -1.62. The highest BCUT2D eigenvalue weighted by molar-refractivity contribution is 5.81. The van der Waals surface area contributed by atoms with Gasteiger partial charge in [0, 0.05) is 25.0 Å². The molecule has 5 heteroatoms. The molecule has 0 fully saturated rings. The summed E-state index contributed by atoms with van der Waals surface area (Å²) < 4.78 is 15.8. The number of hydrogen-bond donors (Lipinski definition) is 0. The molecule has 0 aromatic heterocycles. The fourth-order valence-electron chi connectivity index (χ4n) is 1.71. The molecule has 2 unspecified atom stereocenters. The van der Waals surface area contributed by atoms with E-state index in [2.05, 4.69) is 13.2 Å². The predicted octanol–water partition coefficient (Wildman–Crippen LogP) is 2.80. The first-order valence-electron chi connectivity index (χ1n) is 7.31. The fraction of sp³-hybridized carbons (Fsp3) is 0.625. The zero-order valence-electron chi connectivity index (χ0n) is 13.0. The third-order valence-electron chi connectivity index (χ3n) is 3.00. The van der Waals surface area contributed by atoms with Crippen molar-refractivity contribution in [2.24, 2.45) is 0 Å². The van der Waals surface area contributed by atoms with E-state index in [1.807, 2.05) is 13.8 Å². The van der Waals surface area contributed by atoms with E-state index in [-0.39, 0.29) is 12.2 Å². The van der Waals surface area contributed by atoms with Crippen LogP contribution in [0.3, 0.4) is 0 Å². The third-order valence-corrected chi connectivity index (χ3v) is 3.00. The molecule has 0 saturated heterocycles. The molecule has 0 heterocycles. The van der Waals surface area contributed by atoms with Crippen LogP contribution >= 0.6 is 0 Å². The van der Waals surface area contributed by atoms with Crippen LogP contribution in [0, 0.1) is 0 Å². The van der Waals surface area contributed by atoms with Crippen molar-refractivity contribution in [3.8, 4) is 0 Å².